The Morgan fingerprint density at radius 2 is 1.86 bits per heavy atom. The second-order valence-electron chi connectivity index (χ2n) is 5.59. The van der Waals surface area contributed by atoms with E-state index in [-0.39, 0.29) is 11.9 Å². The van der Waals surface area contributed by atoms with Crippen molar-refractivity contribution in [2.24, 2.45) is 5.73 Å². The van der Waals surface area contributed by atoms with Crippen LogP contribution in [0.25, 0.3) is 0 Å². The highest BCUT2D eigenvalue weighted by molar-refractivity contribution is 5.35. The molecule has 1 atom stereocenters. The molecule has 3 heteroatoms. The van der Waals surface area contributed by atoms with E-state index in [9.17, 15) is 4.39 Å². The van der Waals surface area contributed by atoms with Crippen molar-refractivity contribution in [3.05, 3.63) is 70.5 Å². The van der Waals surface area contributed by atoms with Crippen LogP contribution in [0.4, 0.5) is 4.39 Å². The predicted octanol–water partition coefficient (Wildman–Crippen LogP) is 3.57. The third-order valence-corrected chi connectivity index (χ3v) is 4.08. The normalized spacial score (nSPS) is 12.7. The fourth-order valence-electron chi connectivity index (χ4n) is 2.71. The smallest absolute Gasteiger partial charge is 0.123 e. The minimum absolute atomic E-state index is 0.133. The lowest BCUT2D eigenvalue weighted by atomic mass is 9.96. The van der Waals surface area contributed by atoms with E-state index in [1.54, 1.807) is 12.1 Å². The number of nitrogens with two attached hydrogens (primary N) is 1. The number of aryl methyl sites for hydroxylation is 1. The molecule has 0 radical (unpaired) electrons. The average molecular weight is 286 g/mol. The van der Waals surface area contributed by atoms with E-state index < -0.39 is 0 Å². The van der Waals surface area contributed by atoms with E-state index in [4.69, 9.17) is 5.73 Å². The van der Waals surface area contributed by atoms with Crippen LogP contribution >= 0.6 is 0 Å². The van der Waals surface area contributed by atoms with Crippen molar-refractivity contribution in [3.63, 3.8) is 0 Å². The van der Waals surface area contributed by atoms with E-state index in [1.807, 2.05) is 13.1 Å². The topological polar surface area (TPSA) is 29.3 Å². The molecule has 0 heterocycles. The molecule has 2 nitrogen and oxygen atoms in total. The van der Waals surface area contributed by atoms with Crippen molar-refractivity contribution < 1.29 is 4.39 Å². The molecule has 1 unspecified atom stereocenters. The molecule has 0 aliphatic rings. The zero-order chi connectivity index (χ0) is 15.4. The largest absolute Gasteiger partial charge is 0.329 e. The van der Waals surface area contributed by atoms with Gasteiger partial charge in [-0.1, -0.05) is 30.3 Å². The van der Waals surface area contributed by atoms with Crippen LogP contribution in [0, 0.1) is 19.7 Å². The lowest BCUT2D eigenvalue weighted by Crippen LogP contribution is -2.30. The molecular formula is C18H23FN2. The molecule has 0 aromatic heterocycles. The summed E-state index contributed by atoms with van der Waals surface area (Å²) in [6.07, 6.45) is 0. The summed E-state index contributed by atoms with van der Waals surface area (Å²) < 4.78 is 13.3. The third-order valence-electron chi connectivity index (χ3n) is 4.08. The van der Waals surface area contributed by atoms with Gasteiger partial charge in [-0.05, 0) is 55.3 Å². The van der Waals surface area contributed by atoms with Gasteiger partial charge in [0, 0.05) is 19.1 Å². The van der Waals surface area contributed by atoms with Gasteiger partial charge in [0.15, 0.2) is 0 Å². The molecule has 0 spiro atoms. The molecule has 0 fully saturated rings. The van der Waals surface area contributed by atoms with Crippen molar-refractivity contribution in [1.29, 1.82) is 0 Å². The molecule has 21 heavy (non-hydrogen) atoms. The second-order valence-corrected chi connectivity index (χ2v) is 5.59. The van der Waals surface area contributed by atoms with Gasteiger partial charge in [-0.2, -0.15) is 0 Å². The average Bonchev–Trinajstić information content (AvgIpc) is 2.44. The van der Waals surface area contributed by atoms with Crippen molar-refractivity contribution in [3.8, 4) is 0 Å². The molecule has 2 rings (SSSR count). The van der Waals surface area contributed by atoms with Gasteiger partial charge in [-0.15, -0.1) is 0 Å². The standard InChI is InChI=1S/C18H23FN2/c1-13-6-4-9-17(14(13)2)18(11-20)21(3)12-15-7-5-8-16(19)10-15/h4-10,18H,11-12,20H2,1-3H3. The van der Waals surface area contributed by atoms with Crippen molar-refractivity contribution in [2.75, 3.05) is 13.6 Å². The zero-order valence-corrected chi connectivity index (χ0v) is 12.9. The SMILES string of the molecule is Cc1cccc(C(CN)N(C)Cc2cccc(F)c2)c1C. The molecule has 0 aliphatic heterocycles. The van der Waals surface area contributed by atoms with Gasteiger partial charge in [0.2, 0.25) is 0 Å². The minimum Gasteiger partial charge on any atom is -0.329 e. The number of hydrogen-bond donors (Lipinski definition) is 1. The maximum absolute atomic E-state index is 13.3. The summed E-state index contributed by atoms with van der Waals surface area (Å²) in [5, 5.41) is 0. The fourth-order valence-corrected chi connectivity index (χ4v) is 2.71. The lowest BCUT2D eigenvalue weighted by molar-refractivity contribution is 0.240. The number of hydrogen-bond acceptors (Lipinski definition) is 2. The van der Waals surface area contributed by atoms with Crippen molar-refractivity contribution >= 4 is 0 Å². The van der Waals surface area contributed by atoms with Crippen LogP contribution in [0.2, 0.25) is 0 Å². The number of halogens is 1. The minimum atomic E-state index is -0.197. The Morgan fingerprint density at radius 1 is 1.14 bits per heavy atom. The molecule has 0 saturated heterocycles. The molecule has 0 amide bonds. The van der Waals surface area contributed by atoms with E-state index in [1.165, 1.54) is 22.8 Å². The predicted molar refractivity (Wildman–Crippen MR) is 85.6 cm³/mol. The highest BCUT2D eigenvalue weighted by Crippen LogP contribution is 2.25. The first-order chi connectivity index (χ1) is 10.0. The van der Waals surface area contributed by atoms with Gasteiger partial charge in [0.05, 0.1) is 0 Å². The number of benzene rings is 2. The van der Waals surface area contributed by atoms with Crippen LogP contribution in [-0.4, -0.2) is 18.5 Å². The van der Waals surface area contributed by atoms with Crippen LogP contribution < -0.4 is 5.73 Å². The molecule has 2 N–H and O–H groups in total. The molecule has 112 valence electrons. The molecule has 0 saturated carbocycles. The summed E-state index contributed by atoms with van der Waals surface area (Å²) in [6, 6.07) is 13.2. The van der Waals surface area contributed by atoms with Gasteiger partial charge in [0.1, 0.15) is 5.82 Å². The summed E-state index contributed by atoms with van der Waals surface area (Å²) in [6.45, 7) is 5.45. The summed E-state index contributed by atoms with van der Waals surface area (Å²) in [4.78, 5) is 2.18. The van der Waals surface area contributed by atoms with E-state index in [0.29, 0.717) is 13.1 Å². The first kappa shape index (κ1) is 15.7. The highest BCUT2D eigenvalue weighted by Gasteiger charge is 2.18. The molecule has 2 aromatic carbocycles. The Hall–Kier alpha value is -1.71. The summed E-state index contributed by atoms with van der Waals surface area (Å²) in [7, 11) is 2.03. The van der Waals surface area contributed by atoms with E-state index in [0.717, 1.165) is 5.56 Å². The van der Waals surface area contributed by atoms with E-state index in [2.05, 4.69) is 36.9 Å². The monoisotopic (exact) mass is 286 g/mol. The fraction of sp³-hybridized carbons (Fsp3) is 0.333. The molecular weight excluding hydrogens is 263 g/mol. The van der Waals surface area contributed by atoms with Gasteiger partial charge >= 0.3 is 0 Å². The van der Waals surface area contributed by atoms with Crippen LogP contribution in [0.3, 0.4) is 0 Å². The molecule has 0 aliphatic carbocycles. The Kier molecular flexibility index (Phi) is 5.10. The Bertz CT molecular complexity index is 610. The van der Waals surface area contributed by atoms with Crippen LogP contribution in [-0.2, 0) is 6.54 Å². The first-order valence-corrected chi connectivity index (χ1v) is 7.23. The van der Waals surface area contributed by atoms with Crippen LogP contribution in [0.5, 0.6) is 0 Å². The van der Waals surface area contributed by atoms with Gasteiger partial charge < -0.3 is 5.73 Å². The van der Waals surface area contributed by atoms with Gasteiger partial charge in [-0.3, -0.25) is 4.90 Å². The van der Waals surface area contributed by atoms with E-state index >= 15 is 0 Å². The Labute approximate surface area is 126 Å². The van der Waals surface area contributed by atoms with Crippen LogP contribution in [0.15, 0.2) is 42.5 Å². The maximum Gasteiger partial charge on any atom is 0.123 e. The van der Waals surface area contributed by atoms with Gasteiger partial charge in [0.25, 0.3) is 0 Å². The highest BCUT2D eigenvalue weighted by atomic mass is 19.1. The number of likely N-dealkylation sites (N-methyl/N-ethyl adjacent to an activating group) is 1. The zero-order valence-electron chi connectivity index (χ0n) is 12.9. The Balaban J connectivity index is 2.22. The lowest BCUT2D eigenvalue weighted by Gasteiger charge is -2.29. The third kappa shape index (κ3) is 3.69. The number of nitrogens with zero attached hydrogens (tertiary/aromatic N) is 1. The van der Waals surface area contributed by atoms with Gasteiger partial charge in [-0.25, -0.2) is 4.39 Å². The van der Waals surface area contributed by atoms with Crippen LogP contribution in [0.1, 0.15) is 28.3 Å². The summed E-state index contributed by atoms with van der Waals surface area (Å²) in [5.74, 6) is -0.197. The molecule has 2 aromatic rings. The molecule has 0 bridgehead atoms. The van der Waals surface area contributed by atoms with Crippen molar-refractivity contribution in [1.82, 2.24) is 4.90 Å². The summed E-state index contributed by atoms with van der Waals surface area (Å²) in [5.41, 5.74) is 10.7. The van der Waals surface area contributed by atoms with Crippen molar-refractivity contribution in [2.45, 2.75) is 26.4 Å². The second kappa shape index (κ2) is 6.83. The number of rotatable bonds is 5. The first-order valence-electron chi connectivity index (χ1n) is 7.23. The Morgan fingerprint density at radius 3 is 2.52 bits per heavy atom. The summed E-state index contributed by atoms with van der Waals surface area (Å²) >= 11 is 0. The maximum atomic E-state index is 13.3. The quantitative estimate of drug-likeness (QED) is 0.910.